The second-order valence-corrected chi connectivity index (χ2v) is 6.54. The molecule has 1 fully saturated rings. The first-order valence-electron chi connectivity index (χ1n) is 5.47. The van der Waals surface area contributed by atoms with Crippen LogP contribution in [0.5, 0.6) is 0 Å². The molecule has 19 heavy (non-hydrogen) atoms. The summed E-state index contributed by atoms with van der Waals surface area (Å²) in [5.74, 6) is -0.181. The highest BCUT2D eigenvalue weighted by molar-refractivity contribution is 7.89. The Kier molecular flexibility index (Phi) is 3.66. The second kappa shape index (κ2) is 4.95. The number of rotatable bonds is 2. The predicted molar refractivity (Wildman–Crippen MR) is 70.1 cm³/mol. The Labute approximate surface area is 116 Å². The monoisotopic (exact) mass is 304 g/mol. The van der Waals surface area contributed by atoms with E-state index in [1.54, 1.807) is 7.05 Å². The van der Waals surface area contributed by atoms with Crippen LogP contribution in [-0.4, -0.2) is 55.2 Å². The van der Waals surface area contributed by atoms with Crippen molar-refractivity contribution in [3.05, 3.63) is 17.3 Å². The molecule has 0 unspecified atom stereocenters. The lowest BCUT2D eigenvalue weighted by atomic mass is 10.4. The van der Waals surface area contributed by atoms with Crippen molar-refractivity contribution in [1.29, 1.82) is 0 Å². The number of piperazine rings is 1. The van der Waals surface area contributed by atoms with Gasteiger partial charge >= 0.3 is 0 Å². The lowest BCUT2D eigenvalue weighted by molar-refractivity contribution is -0.132. The molecule has 1 aliphatic heterocycles. The molecular formula is C10H13ClN4O3S. The SMILES string of the molecule is CN1CCN(S(=O)(=O)c2cnc(N)c(Cl)c2)CC1=O. The number of anilines is 1. The molecule has 1 saturated heterocycles. The number of nitrogen functional groups attached to an aromatic ring is 1. The Morgan fingerprint density at radius 3 is 2.68 bits per heavy atom. The normalized spacial score (nSPS) is 17.8. The number of sulfonamides is 1. The quantitative estimate of drug-likeness (QED) is 0.815. The van der Waals surface area contributed by atoms with Crippen LogP contribution in [0.15, 0.2) is 17.2 Å². The number of carbonyl (C=O) groups excluding carboxylic acids is 1. The van der Waals surface area contributed by atoms with Gasteiger partial charge in [-0.25, -0.2) is 13.4 Å². The predicted octanol–water partition coefficient (Wildman–Crippen LogP) is -0.220. The first kappa shape index (κ1) is 14.0. The van der Waals surface area contributed by atoms with E-state index in [2.05, 4.69) is 4.98 Å². The molecule has 0 aliphatic carbocycles. The van der Waals surface area contributed by atoms with E-state index in [1.165, 1.54) is 11.0 Å². The van der Waals surface area contributed by atoms with Crippen molar-refractivity contribution in [3.63, 3.8) is 0 Å². The van der Waals surface area contributed by atoms with Crippen molar-refractivity contribution >= 4 is 33.3 Å². The summed E-state index contributed by atoms with van der Waals surface area (Å²) in [6.45, 7) is 0.418. The van der Waals surface area contributed by atoms with Crippen LogP contribution in [0.25, 0.3) is 0 Å². The van der Waals surface area contributed by atoms with Gasteiger partial charge < -0.3 is 10.6 Å². The number of hydrogen-bond acceptors (Lipinski definition) is 5. The van der Waals surface area contributed by atoms with Gasteiger partial charge in [-0.2, -0.15) is 4.31 Å². The fraction of sp³-hybridized carbons (Fsp3) is 0.400. The summed E-state index contributed by atoms with van der Waals surface area (Å²) in [4.78, 5) is 16.7. The zero-order valence-electron chi connectivity index (χ0n) is 10.2. The lowest BCUT2D eigenvalue weighted by Gasteiger charge is -2.31. The molecule has 0 radical (unpaired) electrons. The largest absolute Gasteiger partial charge is 0.382 e. The Bertz CT molecular complexity index is 619. The summed E-state index contributed by atoms with van der Waals surface area (Å²) >= 11 is 5.77. The Balaban J connectivity index is 2.32. The highest BCUT2D eigenvalue weighted by Gasteiger charge is 2.31. The van der Waals surface area contributed by atoms with E-state index in [0.717, 1.165) is 10.5 Å². The van der Waals surface area contributed by atoms with Gasteiger partial charge in [0, 0.05) is 26.3 Å². The maximum absolute atomic E-state index is 12.3. The van der Waals surface area contributed by atoms with Crippen molar-refractivity contribution in [2.24, 2.45) is 0 Å². The van der Waals surface area contributed by atoms with E-state index < -0.39 is 10.0 Å². The van der Waals surface area contributed by atoms with Crippen LogP contribution in [0.4, 0.5) is 5.82 Å². The Hall–Kier alpha value is -1.38. The van der Waals surface area contributed by atoms with E-state index in [0.29, 0.717) is 6.54 Å². The molecule has 0 atom stereocenters. The van der Waals surface area contributed by atoms with Gasteiger partial charge in [0.15, 0.2) is 0 Å². The lowest BCUT2D eigenvalue weighted by Crippen LogP contribution is -2.50. The maximum atomic E-state index is 12.3. The minimum absolute atomic E-state index is 0.0649. The third-order valence-electron chi connectivity index (χ3n) is 2.90. The second-order valence-electron chi connectivity index (χ2n) is 4.19. The van der Waals surface area contributed by atoms with E-state index in [9.17, 15) is 13.2 Å². The molecular weight excluding hydrogens is 292 g/mol. The molecule has 2 rings (SSSR count). The van der Waals surface area contributed by atoms with Crippen molar-refractivity contribution in [1.82, 2.24) is 14.2 Å². The summed E-state index contributed by atoms with van der Waals surface area (Å²) in [6.07, 6.45) is 1.14. The third kappa shape index (κ3) is 2.65. The van der Waals surface area contributed by atoms with E-state index in [4.69, 9.17) is 17.3 Å². The average molecular weight is 305 g/mol. The molecule has 104 valence electrons. The van der Waals surface area contributed by atoms with Gasteiger partial charge in [-0.05, 0) is 6.07 Å². The van der Waals surface area contributed by atoms with Gasteiger partial charge in [0.1, 0.15) is 10.7 Å². The number of nitrogens with zero attached hydrogens (tertiary/aromatic N) is 3. The topological polar surface area (TPSA) is 96.6 Å². The number of amides is 1. The van der Waals surface area contributed by atoms with Crippen LogP contribution in [-0.2, 0) is 14.8 Å². The van der Waals surface area contributed by atoms with Crippen molar-refractivity contribution < 1.29 is 13.2 Å². The summed E-state index contributed by atoms with van der Waals surface area (Å²) in [5, 5.41) is 0.0709. The van der Waals surface area contributed by atoms with E-state index in [-0.39, 0.29) is 34.7 Å². The summed E-state index contributed by atoms with van der Waals surface area (Å²) < 4.78 is 25.7. The number of carbonyl (C=O) groups is 1. The number of nitrogens with two attached hydrogens (primary N) is 1. The molecule has 0 aromatic carbocycles. The van der Waals surface area contributed by atoms with Gasteiger partial charge in [0.25, 0.3) is 0 Å². The first-order valence-corrected chi connectivity index (χ1v) is 7.29. The molecule has 1 amide bonds. The van der Waals surface area contributed by atoms with Crippen LogP contribution >= 0.6 is 11.6 Å². The first-order chi connectivity index (χ1) is 8.82. The van der Waals surface area contributed by atoms with Gasteiger partial charge in [-0.15, -0.1) is 0 Å². The van der Waals surface area contributed by atoms with Crippen molar-refractivity contribution in [2.45, 2.75) is 4.90 Å². The number of hydrogen-bond donors (Lipinski definition) is 1. The molecule has 0 spiro atoms. The van der Waals surface area contributed by atoms with Crippen molar-refractivity contribution in [2.75, 3.05) is 32.4 Å². The number of halogens is 1. The molecule has 2 N–H and O–H groups in total. The smallest absolute Gasteiger partial charge is 0.245 e. The van der Waals surface area contributed by atoms with E-state index in [1.807, 2.05) is 0 Å². The average Bonchev–Trinajstić information content (AvgIpc) is 2.35. The fourth-order valence-corrected chi connectivity index (χ4v) is 3.25. The number of pyridine rings is 1. The molecule has 9 heteroatoms. The van der Waals surface area contributed by atoms with Gasteiger partial charge in [0.05, 0.1) is 11.6 Å². The van der Waals surface area contributed by atoms with Crippen LogP contribution < -0.4 is 5.73 Å². The highest BCUT2D eigenvalue weighted by atomic mass is 35.5. The molecule has 1 aromatic rings. The maximum Gasteiger partial charge on any atom is 0.245 e. The minimum Gasteiger partial charge on any atom is -0.382 e. The van der Waals surface area contributed by atoms with Crippen LogP contribution in [0.3, 0.4) is 0 Å². The molecule has 0 saturated carbocycles. The number of aromatic nitrogens is 1. The minimum atomic E-state index is -3.77. The Morgan fingerprint density at radius 1 is 1.42 bits per heavy atom. The molecule has 2 heterocycles. The van der Waals surface area contributed by atoms with Crippen molar-refractivity contribution in [3.8, 4) is 0 Å². The molecule has 7 nitrogen and oxygen atoms in total. The fourth-order valence-electron chi connectivity index (χ4n) is 1.66. The molecule has 0 bridgehead atoms. The molecule has 1 aromatic heterocycles. The number of likely N-dealkylation sites (N-methyl/N-ethyl adjacent to an activating group) is 1. The molecule has 1 aliphatic rings. The van der Waals surface area contributed by atoms with E-state index >= 15 is 0 Å². The van der Waals surface area contributed by atoms with Crippen LogP contribution in [0.1, 0.15) is 0 Å². The third-order valence-corrected chi connectivity index (χ3v) is 5.02. The van der Waals surface area contributed by atoms with Gasteiger partial charge in [-0.1, -0.05) is 11.6 Å². The van der Waals surface area contributed by atoms with Gasteiger partial charge in [0.2, 0.25) is 15.9 Å². The van der Waals surface area contributed by atoms with Crippen LogP contribution in [0.2, 0.25) is 5.02 Å². The standard InChI is InChI=1S/C10H13ClN4O3S/c1-14-2-3-15(6-9(14)16)19(17,18)7-4-8(11)10(12)13-5-7/h4-5H,2-3,6H2,1H3,(H2,12,13). The zero-order valence-corrected chi connectivity index (χ0v) is 11.8. The summed E-state index contributed by atoms with van der Waals surface area (Å²) in [6, 6.07) is 1.24. The summed E-state index contributed by atoms with van der Waals surface area (Å²) in [5.41, 5.74) is 5.44. The zero-order chi connectivity index (χ0) is 14.2. The summed E-state index contributed by atoms with van der Waals surface area (Å²) in [7, 11) is -2.14. The van der Waals surface area contributed by atoms with Gasteiger partial charge in [-0.3, -0.25) is 4.79 Å². The highest BCUT2D eigenvalue weighted by Crippen LogP contribution is 2.23. The van der Waals surface area contributed by atoms with Crippen LogP contribution in [0, 0.1) is 0 Å². The Morgan fingerprint density at radius 2 is 2.11 bits per heavy atom.